The standard InChI is InChI=1S/C18H25N3O2S/c1-4-6-12-24(22,23)21-16-10-11-17(19-13-16)20-18-14(3)8-7-9-15(18)5-2/h7-11,13,21H,4-6,12H2,1-3H3,(H,19,20). The lowest BCUT2D eigenvalue weighted by atomic mass is 10.1. The third-order valence-electron chi connectivity index (χ3n) is 3.80. The van der Waals surface area contributed by atoms with Crippen LogP contribution in [0.15, 0.2) is 36.5 Å². The summed E-state index contributed by atoms with van der Waals surface area (Å²) in [7, 11) is -3.30. The van der Waals surface area contributed by atoms with E-state index in [1.807, 2.05) is 13.0 Å². The Kier molecular flexibility index (Phi) is 6.20. The van der Waals surface area contributed by atoms with E-state index >= 15 is 0 Å². The van der Waals surface area contributed by atoms with Crippen LogP contribution < -0.4 is 10.0 Å². The van der Waals surface area contributed by atoms with Crippen LogP contribution in [0, 0.1) is 6.92 Å². The van der Waals surface area contributed by atoms with Gasteiger partial charge in [-0.05, 0) is 43.0 Å². The summed E-state index contributed by atoms with van der Waals surface area (Å²) >= 11 is 0. The van der Waals surface area contributed by atoms with Gasteiger partial charge in [-0.15, -0.1) is 0 Å². The van der Waals surface area contributed by atoms with E-state index in [9.17, 15) is 8.42 Å². The van der Waals surface area contributed by atoms with Gasteiger partial charge in [0, 0.05) is 5.69 Å². The third-order valence-corrected chi connectivity index (χ3v) is 5.17. The SMILES string of the molecule is CCCCS(=O)(=O)Nc1ccc(Nc2c(C)cccc2CC)nc1. The Morgan fingerprint density at radius 2 is 1.92 bits per heavy atom. The highest BCUT2D eigenvalue weighted by molar-refractivity contribution is 7.92. The van der Waals surface area contributed by atoms with E-state index < -0.39 is 10.0 Å². The Hall–Kier alpha value is -2.08. The van der Waals surface area contributed by atoms with Crippen molar-refractivity contribution in [3.8, 4) is 0 Å². The molecule has 0 unspecified atom stereocenters. The summed E-state index contributed by atoms with van der Waals surface area (Å²) in [5.41, 5.74) is 3.92. The van der Waals surface area contributed by atoms with E-state index in [4.69, 9.17) is 0 Å². The van der Waals surface area contributed by atoms with Gasteiger partial charge in [0.2, 0.25) is 10.0 Å². The summed E-state index contributed by atoms with van der Waals surface area (Å²) in [6, 6.07) is 9.69. The maximum Gasteiger partial charge on any atom is 0.232 e. The first-order valence-corrected chi connectivity index (χ1v) is 9.92. The molecule has 0 bridgehead atoms. The van der Waals surface area contributed by atoms with E-state index in [0.717, 1.165) is 24.1 Å². The van der Waals surface area contributed by atoms with Crippen molar-refractivity contribution in [2.24, 2.45) is 0 Å². The van der Waals surface area contributed by atoms with Crippen molar-refractivity contribution >= 4 is 27.2 Å². The molecule has 24 heavy (non-hydrogen) atoms. The summed E-state index contributed by atoms with van der Waals surface area (Å²) in [5, 5.41) is 3.33. The molecule has 1 heterocycles. The number of benzene rings is 1. The van der Waals surface area contributed by atoms with Crippen LogP contribution in [0.3, 0.4) is 0 Å². The first-order valence-electron chi connectivity index (χ1n) is 8.27. The second kappa shape index (κ2) is 8.15. The summed E-state index contributed by atoms with van der Waals surface area (Å²) in [5.74, 6) is 0.822. The van der Waals surface area contributed by atoms with Crippen LogP contribution in [0.2, 0.25) is 0 Å². The molecule has 1 aromatic heterocycles. The number of pyridine rings is 1. The molecular formula is C18H25N3O2S. The van der Waals surface area contributed by atoms with Crippen molar-refractivity contribution in [2.45, 2.75) is 40.0 Å². The molecule has 5 nitrogen and oxygen atoms in total. The summed E-state index contributed by atoms with van der Waals surface area (Å²) in [6.45, 7) is 6.13. The van der Waals surface area contributed by atoms with E-state index in [1.54, 1.807) is 12.1 Å². The molecule has 0 amide bonds. The van der Waals surface area contributed by atoms with Crippen molar-refractivity contribution in [3.63, 3.8) is 0 Å². The molecule has 130 valence electrons. The summed E-state index contributed by atoms with van der Waals surface area (Å²) in [4.78, 5) is 4.32. The van der Waals surface area contributed by atoms with E-state index in [1.165, 1.54) is 11.8 Å². The van der Waals surface area contributed by atoms with Crippen LogP contribution in [-0.2, 0) is 16.4 Å². The number of aryl methyl sites for hydroxylation is 2. The quantitative estimate of drug-likeness (QED) is 0.749. The molecule has 2 rings (SSSR count). The average Bonchev–Trinajstić information content (AvgIpc) is 2.56. The van der Waals surface area contributed by atoms with Crippen molar-refractivity contribution in [3.05, 3.63) is 47.7 Å². The highest BCUT2D eigenvalue weighted by atomic mass is 32.2. The van der Waals surface area contributed by atoms with Gasteiger partial charge in [-0.2, -0.15) is 0 Å². The minimum atomic E-state index is -3.30. The number of hydrogen-bond donors (Lipinski definition) is 2. The lowest BCUT2D eigenvalue weighted by molar-refractivity contribution is 0.598. The van der Waals surface area contributed by atoms with Gasteiger partial charge in [0.15, 0.2) is 0 Å². The third kappa shape index (κ3) is 4.96. The highest BCUT2D eigenvalue weighted by Gasteiger charge is 2.10. The Bertz CT molecular complexity index is 771. The number of hydrogen-bond acceptors (Lipinski definition) is 4. The van der Waals surface area contributed by atoms with Crippen molar-refractivity contribution in [1.29, 1.82) is 0 Å². The van der Waals surface area contributed by atoms with Gasteiger partial charge >= 0.3 is 0 Å². The topological polar surface area (TPSA) is 71.1 Å². The van der Waals surface area contributed by atoms with Crippen LogP contribution in [0.1, 0.15) is 37.8 Å². The first kappa shape index (κ1) is 18.3. The zero-order chi connectivity index (χ0) is 17.6. The number of aromatic nitrogens is 1. The van der Waals surface area contributed by atoms with E-state index in [-0.39, 0.29) is 5.75 Å². The van der Waals surface area contributed by atoms with Crippen molar-refractivity contribution < 1.29 is 8.42 Å². The predicted octanol–water partition coefficient (Wildman–Crippen LogP) is 4.24. The molecule has 2 N–H and O–H groups in total. The largest absolute Gasteiger partial charge is 0.340 e. The predicted molar refractivity (Wildman–Crippen MR) is 100 cm³/mol. The second-order valence-corrected chi connectivity index (χ2v) is 7.64. The fourth-order valence-corrected chi connectivity index (χ4v) is 3.67. The molecule has 0 aliphatic heterocycles. The van der Waals surface area contributed by atoms with Gasteiger partial charge in [-0.3, -0.25) is 4.72 Å². The Morgan fingerprint density at radius 1 is 1.12 bits per heavy atom. The molecule has 0 fully saturated rings. The van der Waals surface area contributed by atoms with Gasteiger partial charge < -0.3 is 5.32 Å². The van der Waals surface area contributed by atoms with Crippen LogP contribution in [-0.4, -0.2) is 19.2 Å². The average molecular weight is 347 g/mol. The number of unbranched alkanes of at least 4 members (excludes halogenated alkanes) is 1. The van der Waals surface area contributed by atoms with Crippen LogP contribution in [0.25, 0.3) is 0 Å². The van der Waals surface area contributed by atoms with Crippen molar-refractivity contribution in [1.82, 2.24) is 4.98 Å². The number of para-hydroxylation sites is 1. The molecular weight excluding hydrogens is 322 g/mol. The van der Waals surface area contributed by atoms with Gasteiger partial charge in [0.1, 0.15) is 5.82 Å². The fraction of sp³-hybridized carbons (Fsp3) is 0.389. The minimum absolute atomic E-state index is 0.132. The molecule has 0 saturated carbocycles. The number of sulfonamides is 1. The molecule has 2 aromatic rings. The first-order chi connectivity index (χ1) is 11.4. The second-order valence-electron chi connectivity index (χ2n) is 5.79. The van der Waals surface area contributed by atoms with Gasteiger partial charge in [-0.25, -0.2) is 13.4 Å². The van der Waals surface area contributed by atoms with Gasteiger partial charge in [-0.1, -0.05) is 38.5 Å². The maximum absolute atomic E-state index is 11.9. The molecule has 1 aromatic carbocycles. The smallest absolute Gasteiger partial charge is 0.232 e. The number of nitrogens with zero attached hydrogens (tertiary/aromatic N) is 1. The Balaban J connectivity index is 2.11. The fourth-order valence-electron chi connectivity index (χ4n) is 2.42. The molecule has 0 spiro atoms. The molecule has 0 aliphatic carbocycles. The Morgan fingerprint density at radius 3 is 2.54 bits per heavy atom. The number of rotatable bonds is 8. The lowest BCUT2D eigenvalue weighted by Gasteiger charge is -2.14. The molecule has 0 radical (unpaired) electrons. The van der Waals surface area contributed by atoms with Gasteiger partial charge in [0.25, 0.3) is 0 Å². The van der Waals surface area contributed by atoms with Crippen LogP contribution in [0.4, 0.5) is 17.2 Å². The lowest BCUT2D eigenvalue weighted by Crippen LogP contribution is -2.16. The van der Waals surface area contributed by atoms with Crippen LogP contribution in [0.5, 0.6) is 0 Å². The normalized spacial score (nSPS) is 11.3. The highest BCUT2D eigenvalue weighted by Crippen LogP contribution is 2.25. The van der Waals surface area contributed by atoms with Crippen LogP contribution >= 0.6 is 0 Å². The summed E-state index contributed by atoms with van der Waals surface area (Å²) in [6.07, 6.45) is 3.96. The van der Waals surface area contributed by atoms with E-state index in [2.05, 4.69) is 41.0 Å². The molecule has 0 aliphatic rings. The molecule has 0 saturated heterocycles. The monoisotopic (exact) mass is 347 g/mol. The molecule has 6 heteroatoms. The maximum atomic E-state index is 11.9. The zero-order valence-corrected chi connectivity index (χ0v) is 15.3. The van der Waals surface area contributed by atoms with Crippen molar-refractivity contribution in [2.75, 3.05) is 15.8 Å². The minimum Gasteiger partial charge on any atom is -0.340 e. The molecule has 0 atom stereocenters. The Labute approximate surface area is 144 Å². The number of anilines is 3. The van der Waals surface area contributed by atoms with Gasteiger partial charge in [0.05, 0.1) is 17.6 Å². The zero-order valence-electron chi connectivity index (χ0n) is 14.5. The van der Waals surface area contributed by atoms with E-state index in [0.29, 0.717) is 17.9 Å². The number of nitrogens with one attached hydrogen (secondary N) is 2. The summed E-state index contributed by atoms with van der Waals surface area (Å²) < 4.78 is 26.4.